The van der Waals surface area contributed by atoms with Gasteiger partial charge in [-0.05, 0) is 42.2 Å². The van der Waals surface area contributed by atoms with Crippen LogP contribution in [0.2, 0.25) is 5.02 Å². The van der Waals surface area contributed by atoms with Crippen LogP contribution in [0.25, 0.3) is 0 Å². The highest BCUT2D eigenvalue weighted by atomic mass is 35.5. The van der Waals surface area contributed by atoms with E-state index in [1.165, 1.54) is 12.1 Å². The van der Waals surface area contributed by atoms with Gasteiger partial charge < -0.3 is 5.32 Å². The van der Waals surface area contributed by atoms with Gasteiger partial charge in [0.1, 0.15) is 5.82 Å². The van der Waals surface area contributed by atoms with Gasteiger partial charge in [-0.1, -0.05) is 31.5 Å². The number of halogens is 2. The second-order valence-corrected chi connectivity index (χ2v) is 6.00. The molecule has 3 nitrogen and oxygen atoms in total. The fraction of sp³-hybridized carbons (Fsp3) is 0.294. The minimum Gasteiger partial charge on any atom is -0.345 e. The highest BCUT2D eigenvalue weighted by Gasteiger charge is 2.19. The van der Waals surface area contributed by atoms with Crippen molar-refractivity contribution in [2.75, 3.05) is 0 Å². The predicted octanol–water partition coefficient (Wildman–Crippen LogP) is 4.39. The van der Waals surface area contributed by atoms with E-state index in [1.807, 2.05) is 12.1 Å². The van der Waals surface area contributed by atoms with Gasteiger partial charge >= 0.3 is 0 Å². The van der Waals surface area contributed by atoms with Gasteiger partial charge in [-0.3, -0.25) is 9.78 Å². The van der Waals surface area contributed by atoms with Crippen molar-refractivity contribution in [1.82, 2.24) is 10.3 Å². The summed E-state index contributed by atoms with van der Waals surface area (Å²) in [4.78, 5) is 16.4. The Bertz CT molecular complexity index is 646. The van der Waals surface area contributed by atoms with E-state index in [9.17, 15) is 9.18 Å². The van der Waals surface area contributed by atoms with E-state index in [4.69, 9.17) is 11.6 Å². The lowest BCUT2D eigenvalue weighted by molar-refractivity contribution is 0.0928. The molecule has 1 aromatic carbocycles. The Hall–Kier alpha value is -1.94. The van der Waals surface area contributed by atoms with Crippen LogP contribution in [0.1, 0.15) is 42.2 Å². The molecule has 2 rings (SSSR count). The Balaban J connectivity index is 2.21. The summed E-state index contributed by atoms with van der Waals surface area (Å²) in [6, 6.07) is 7.54. The second-order valence-electron chi connectivity index (χ2n) is 5.57. The lowest BCUT2D eigenvalue weighted by atomic mass is 9.98. The molecule has 0 aliphatic heterocycles. The van der Waals surface area contributed by atoms with E-state index in [-0.39, 0.29) is 16.6 Å². The molecule has 0 saturated heterocycles. The number of rotatable bonds is 5. The van der Waals surface area contributed by atoms with Crippen LogP contribution < -0.4 is 5.32 Å². The fourth-order valence-corrected chi connectivity index (χ4v) is 2.40. The van der Waals surface area contributed by atoms with Crippen LogP contribution in [0.4, 0.5) is 4.39 Å². The Morgan fingerprint density at radius 2 is 2.14 bits per heavy atom. The first-order chi connectivity index (χ1) is 10.5. The van der Waals surface area contributed by atoms with E-state index >= 15 is 0 Å². The second kappa shape index (κ2) is 7.36. The van der Waals surface area contributed by atoms with Gasteiger partial charge in [0.15, 0.2) is 0 Å². The maximum Gasteiger partial charge on any atom is 0.254 e. The molecule has 5 heteroatoms. The number of benzene rings is 1. The molecule has 0 unspecified atom stereocenters. The Morgan fingerprint density at radius 1 is 1.36 bits per heavy atom. The Morgan fingerprint density at radius 3 is 2.73 bits per heavy atom. The van der Waals surface area contributed by atoms with Crippen molar-refractivity contribution in [1.29, 1.82) is 0 Å². The number of hydrogen-bond donors (Lipinski definition) is 1. The molecule has 2 aromatic rings. The maximum absolute atomic E-state index is 13.9. The zero-order valence-electron chi connectivity index (χ0n) is 12.5. The monoisotopic (exact) mass is 320 g/mol. The average molecular weight is 321 g/mol. The summed E-state index contributed by atoms with van der Waals surface area (Å²) in [7, 11) is 0. The van der Waals surface area contributed by atoms with Gasteiger partial charge in [0.25, 0.3) is 5.91 Å². The molecular weight excluding hydrogens is 303 g/mol. The Labute approximate surface area is 134 Å². The van der Waals surface area contributed by atoms with Gasteiger partial charge in [0.05, 0.1) is 11.6 Å². The van der Waals surface area contributed by atoms with Crippen molar-refractivity contribution in [3.8, 4) is 0 Å². The summed E-state index contributed by atoms with van der Waals surface area (Å²) in [5.41, 5.74) is 0.890. The van der Waals surface area contributed by atoms with E-state index in [0.717, 1.165) is 18.1 Å². The molecule has 1 atom stereocenters. The number of aromatic nitrogens is 1. The maximum atomic E-state index is 13.9. The SMILES string of the molecule is CC(C)C[C@H](NC(=O)c1ccc(Cl)cc1F)c1cccnc1. The van der Waals surface area contributed by atoms with Crippen molar-refractivity contribution in [3.63, 3.8) is 0 Å². The van der Waals surface area contributed by atoms with Crippen LogP contribution >= 0.6 is 11.6 Å². The minimum absolute atomic E-state index is 0.0120. The number of carbonyl (C=O) groups is 1. The zero-order chi connectivity index (χ0) is 16.1. The van der Waals surface area contributed by atoms with Crippen LogP contribution in [-0.2, 0) is 0 Å². The van der Waals surface area contributed by atoms with Crippen LogP contribution in [0, 0.1) is 11.7 Å². The molecule has 0 fully saturated rings. The largest absolute Gasteiger partial charge is 0.345 e. The molecule has 0 radical (unpaired) electrons. The van der Waals surface area contributed by atoms with Crippen molar-refractivity contribution in [3.05, 3.63) is 64.7 Å². The predicted molar refractivity (Wildman–Crippen MR) is 85.3 cm³/mol. The highest BCUT2D eigenvalue weighted by molar-refractivity contribution is 6.30. The number of hydrogen-bond acceptors (Lipinski definition) is 2. The number of carbonyl (C=O) groups excluding carboxylic acids is 1. The van der Waals surface area contributed by atoms with E-state index in [2.05, 4.69) is 24.1 Å². The van der Waals surface area contributed by atoms with Gasteiger partial charge in [0.2, 0.25) is 0 Å². The number of nitrogens with zero attached hydrogens (tertiary/aromatic N) is 1. The molecular formula is C17H18ClFN2O. The third kappa shape index (κ3) is 4.28. The van der Waals surface area contributed by atoms with E-state index < -0.39 is 11.7 Å². The van der Waals surface area contributed by atoms with Crippen LogP contribution in [0.15, 0.2) is 42.7 Å². The molecule has 1 amide bonds. The summed E-state index contributed by atoms with van der Waals surface area (Å²) in [6.07, 6.45) is 4.13. The highest BCUT2D eigenvalue weighted by Crippen LogP contribution is 2.22. The summed E-state index contributed by atoms with van der Waals surface area (Å²) < 4.78 is 13.9. The molecule has 0 bridgehead atoms. The smallest absolute Gasteiger partial charge is 0.254 e. The minimum atomic E-state index is -0.625. The molecule has 22 heavy (non-hydrogen) atoms. The lowest BCUT2D eigenvalue weighted by Crippen LogP contribution is -2.30. The first-order valence-electron chi connectivity index (χ1n) is 7.13. The van der Waals surface area contributed by atoms with Crippen LogP contribution in [-0.4, -0.2) is 10.9 Å². The van der Waals surface area contributed by atoms with Gasteiger partial charge in [0, 0.05) is 17.4 Å². The summed E-state index contributed by atoms with van der Waals surface area (Å²) in [5, 5.41) is 3.14. The van der Waals surface area contributed by atoms with Gasteiger partial charge in [-0.2, -0.15) is 0 Å². The summed E-state index contributed by atoms with van der Waals surface area (Å²) in [5.74, 6) is -0.705. The molecule has 116 valence electrons. The average Bonchev–Trinajstić information content (AvgIpc) is 2.46. The molecule has 0 spiro atoms. The first-order valence-corrected chi connectivity index (χ1v) is 7.51. The number of amides is 1. The van der Waals surface area contributed by atoms with Crippen LogP contribution in [0.5, 0.6) is 0 Å². The Kier molecular flexibility index (Phi) is 5.50. The van der Waals surface area contributed by atoms with Gasteiger partial charge in [-0.25, -0.2) is 4.39 Å². The summed E-state index contributed by atoms with van der Waals surface area (Å²) >= 11 is 5.71. The van der Waals surface area contributed by atoms with Crippen molar-refractivity contribution >= 4 is 17.5 Å². The third-order valence-corrected chi connectivity index (χ3v) is 3.51. The molecule has 1 heterocycles. The molecule has 1 aromatic heterocycles. The molecule has 0 aliphatic carbocycles. The van der Waals surface area contributed by atoms with Crippen molar-refractivity contribution < 1.29 is 9.18 Å². The quantitative estimate of drug-likeness (QED) is 0.887. The zero-order valence-corrected chi connectivity index (χ0v) is 13.3. The van der Waals surface area contributed by atoms with Crippen molar-refractivity contribution in [2.45, 2.75) is 26.3 Å². The van der Waals surface area contributed by atoms with Gasteiger partial charge in [-0.15, -0.1) is 0 Å². The number of nitrogens with one attached hydrogen (secondary N) is 1. The lowest BCUT2D eigenvalue weighted by Gasteiger charge is -2.21. The topological polar surface area (TPSA) is 42.0 Å². The van der Waals surface area contributed by atoms with Crippen molar-refractivity contribution in [2.24, 2.45) is 5.92 Å². The third-order valence-electron chi connectivity index (χ3n) is 3.27. The standard InChI is InChI=1S/C17H18ClFN2O/c1-11(2)8-16(12-4-3-7-20-10-12)21-17(22)14-6-5-13(18)9-15(14)19/h3-7,9-11,16H,8H2,1-2H3,(H,21,22)/t16-/m0/s1. The van der Waals surface area contributed by atoms with Crippen LogP contribution in [0.3, 0.4) is 0 Å². The molecule has 0 aliphatic rings. The van der Waals surface area contributed by atoms with E-state index in [1.54, 1.807) is 12.4 Å². The number of pyridine rings is 1. The normalized spacial score (nSPS) is 12.2. The van der Waals surface area contributed by atoms with E-state index in [0.29, 0.717) is 5.92 Å². The molecule has 0 saturated carbocycles. The fourth-order valence-electron chi connectivity index (χ4n) is 2.24. The molecule has 1 N–H and O–H groups in total. The first kappa shape index (κ1) is 16.4. The summed E-state index contributed by atoms with van der Waals surface area (Å²) in [6.45, 7) is 4.14.